The smallest absolute Gasteiger partial charge is 0.133 e. The summed E-state index contributed by atoms with van der Waals surface area (Å²) in [5.41, 5.74) is 6.44. The molecule has 2 rings (SSSR count). The molecule has 0 bridgehead atoms. The average Bonchev–Trinajstić information content (AvgIpc) is 2.80. The van der Waals surface area contributed by atoms with E-state index in [0.29, 0.717) is 4.99 Å². The summed E-state index contributed by atoms with van der Waals surface area (Å²) >= 11 is 8.42. The van der Waals surface area contributed by atoms with Crippen molar-refractivity contribution in [3.05, 3.63) is 28.2 Å². The maximum atomic E-state index is 5.82. The highest BCUT2D eigenvalue weighted by Crippen LogP contribution is 2.29. The molecule has 0 radical (unpaired) electrons. The topological polar surface area (TPSA) is 35.2 Å². The number of rotatable bonds is 4. The summed E-state index contributed by atoms with van der Waals surface area (Å²) in [6.07, 6.45) is 5.27. The van der Waals surface area contributed by atoms with Gasteiger partial charge in [0, 0.05) is 5.56 Å². The molecule has 0 aliphatic heterocycles. The van der Waals surface area contributed by atoms with Gasteiger partial charge in [-0.15, -0.1) is 0 Å². The van der Waals surface area contributed by atoms with Gasteiger partial charge in [0.05, 0.1) is 11.1 Å². The third-order valence-corrected chi connectivity index (χ3v) is 4.02. The van der Waals surface area contributed by atoms with Crippen molar-refractivity contribution >= 4 is 33.1 Å². The molecule has 2 nitrogen and oxygen atoms in total. The fourth-order valence-corrected chi connectivity index (χ4v) is 2.78. The van der Waals surface area contributed by atoms with E-state index in [9.17, 15) is 0 Å². The molecule has 1 saturated carbocycles. The highest BCUT2D eigenvalue weighted by atomic mass is 79.9. The van der Waals surface area contributed by atoms with E-state index in [1.54, 1.807) is 0 Å². The summed E-state index contributed by atoms with van der Waals surface area (Å²) in [5.74, 6) is 1.59. The Morgan fingerprint density at radius 2 is 2.12 bits per heavy atom. The van der Waals surface area contributed by atoms with Gasteiger partial charge in [-0.25, -0.2) is 0 Å². The molecule has 2 N–H and O–H groups in total. The number of thiocarbonyl (C=S) groups is 1. The lowest BCUT2D eigenvalue weighted by Gasteiger charge is -2.13. The molecule has 1 aliphatic rings. The molecule has 0 aromatic heterocycles. The molecule has 0 atom stereocenters. The fourth-order valence-electron chi connectivity index (χ4n) is 2.16. The number of halogens is 1. The Bertz CT molecular complexity index is 416. The molecule has 0 saturated heterocycles. The van der Waals surface area contributed by atoms with Crippen molar-refractivity contribution in [3.8, 4) is 5.75 Å². The zero-order valence-electron chi connectivity index (χ0n) is 9.62. The third kappa shape index (κ3) is 3.42. The summed E-state index contributed by atoms with van der Waals surface area (Å²) in [6, 6.07) is 5.73. The minimum absolute atomic E-state index is 0.410. The molecular formula is C13H16BrNOS. The van der Waals surface area contributed by atoms with Crippen molar-refractivity contribution in [2.45, 2.75) is 25.7 Å². The van der Waals surface area contributed by atoms with E-state index in [1.165, 1.54) is 25.7 Å². The molecule has 1 fully saturated rings. The first kappa shape index (κ1) is 12.8. The van der Waals surface area contributed by atoms with Crippen LogP contribution in [0.5, 0.6) is 5.75 Å². The van der Waals surface area contributed by atoms with E-state index in [2.05, 4.69) is 15.9 Å². The highest BCUT2D eigenvalue weighted by Gasteiger charge is 2.16. The average molecular weight is 314 g/mol. The molecule has 0 amide bonds. The molecule has 1 aromatic carbocycles. The Kier molecular flexibility index (Phi) is 4.40. The SMILES string of the molecule is NC(=S)c1ccc(OCC2CCCC2)c(Br)c1. The summed E-state index contributed by atoms with van der Waals surface area (Å²) in [4.78, 5) is 0.410. The molecule has 1 aliphatic carbocycles. The lowest BCUT2D eigenvalue weighted by molar-refractivity contribution is 0.251. The number of ether oxygens (including phenoxy) is 1. The van der Waals surface area contributed by atoms with Crippen LogP contribution in [0.4, 0.5) is 0 Å². The Morgan fingerprint density at radius 1 is 1.41 bits per heavy atom. The highest BCUT2D eigenvalue weighted by molar-refractivity contribution is 9.10. The van der Waals surface area contributed by atoms with Crippen LogP contribution < -0.4 is 10.5 Å². The third-order valence-electron chi connectivity index (χ3n) is 3.17. The first-order valence-corrected chi connectivity index (χ1v) is 7.09. The predicted molar refractivity (Wildman–Crippen MR) is 77.5 cm³/mol. The minimum atomic E-state index is 0.410. The van der Waals surface area contributed by atoms with Crippen molar-refractivity contribution in [3.63, 3.8) is 0 Å². The van der Waals surface area contributed by atoms with Gasteiger partial charge in [-0.2, -0.15) is 0 Å². The first-order valence-electron chi connectivity index (χ1n) is 5.89. The Balaban J connectivity index is 1.98. The maximum Gasteiger partial charge on any atom is 0.133 e. The van der Waals surface area contributed by atoms with Gasteiger partial charge in [-0.3, -0.25) is 0 Å². The molecule has 0 spiro atoms. The second-order valence-corrected chi connectivity index (χ2v) is 5.77. The van der Waals surface area contributed by atoms with Gasteiger partial charge in [0.2, 0.25) is 0 Å². The zero-order chi connectivity index (χ0) is 12.3. The van der Waals surface area contributed by atoms with Crippen LogP contribution >= 0.6 is 28.1 Å². The maximum absolute atomic E-state index is 5.82. The van der Waals surface area contributed by atoms with Gasteiger partial charge in [-0.1, -0.05) is 25.1 Å². The van der Waals surface area contributed by atoms with Crippen molar-refractivity contribution in [1.82, 2.24) is 0 Å². The van der Waals surface area contributed by atoms with E-state index >= 15 is 0 Å². The Hall–Kier alpha value is -0.610. The Morgan fingerprint density at radius 3 is 2.71 bits per heavy atom. The van der Waals surface area contributed by atoms with Crippen molar-refractivity contribution in [2.24, 2.45) is 11.7 Å². The second-order valence-electron chi connectivity index (χ2n) is 4.47. The van der Waals surface area contributed by atoms with Gasteiger partial charge in [0.1, 0.15) is 10.7 Å². The van der Waals surface area contributed by atoms with Crippen LogP contribution in [0.2, 0.25) is 0 Å². The van der Waals surface area contributed by atoms with E-state index < -0.39 is 0 Å². The molecule has 0 unspecified atom stereocenters. The minimum Gasteiger partial charge on any atom is -0.492 e. The van der Waals surface area contributed by atoms with E-state index in [4.69, 9.17) is 22.7 Å². The number of hydrogen-bond acceptors (Lipinski definition) is 2. The largest absolute Gasteiger partial charge is 0.492 e. The standard InChI is InChI=1S/C13H16BrNOS/c14-11-7-10(13(15)17)5-6-12(11)16-8-9-3-1-2-4-9/h5-7,9H,1-4,8H2,(H2,15,17). The lowest BCUT2D eigenvalue weighted by atomic mass is 10.1. The lowest BCUT2D eigenvalue weighted by Crippen LogP contribution is -2.10. The molecule has 17 heavy (non-hydrogen) atoms. The number of hydrogen-bond donors (Lipinski definition) is 1. The van der Waals surface area contributed by atoms with Gasteiger partial charge in [0.25, 0.3) is 0 Å². The fraction of sp³-hybridized carbons (Fsp3) is 0.462. The number of benzene rings is 1. The van der Waals surface area contributed by atoms with Crippen molar-refractivity contribution < 1.29 is 4.74 Å². The molecule has 4 heteroatoms. The molecule has 1 aromatic rings. The second kappa shape index (κ2) is 5.83. The first-order chi connectivity index (χ1) is 8.16. The monoisotopic (exact) mass is 313 g/mol. The van der Waals surface area contributed by atoms with Gasteiger partial charge in [0.15, 0.2) is 0 Å². The normalized spacial score (nSPS) is 16.1. The van der Waals surface area contributed by atoms with E-state index in [0.717, 1.165) is 28.3 Å². The summed E-state index contributed by atoms with van der Waals surface area (Å²) in [7, 11) is 0. The van der Waals surface area contributed by atoms with Crippen LogP contribution in [0.1, 0.15) is 31.2 Å². The molecular weight excluding hydrogens is 298 g/mol. The number of nitrogens with two attached hydrogens (primary N) is 1. The predicted octanol–water partition coefficient (Wildman–Crippen LogP) is 3.65. The van der Waals surface area contributed by atoms with E-state index in [1.807, 2.05) is 18.2 Å². The van der Waals surface area contributed by atoms with Crippen LogP contribution in [0, 0.1) is 5.92 Å². The van der Waals surface area contributed by atoms with Crippen LogP contribution in [0.3, 0.4) is 0 Å². The van der Waals surface area contributed by atoms with Crippen LogP contribution in [-0.4, -0.2) is 11.6 Å². The summed E-state index contributed by atoms with van der Waals surface area (Å²) in [5, 5.41) is 0. The van der Waals surface area contributed by atoms with Crippen LogP contribution in [0.15, 0.2) is 22.7 Å². The Labute approximate surface area is 116 Å². The molecule has 92 valence electrons. The van der Waals surface area contributed by atoms with Gasteiger partial charge < -0.3 is 10.5 Å². The van der Waals surface area contributed by atoms with Gasteiger partial charge >= 0.3 is 0 Å². The zero-order valence-corrected chi connectivity index (χ0v) is 12.0. The van der Waals surface area contributed by atoms with Crippen LogP contribution in [0.25, 0.3) is 0 Å². The summed E-state index contributed by atoms with van der Waals surface area (Å²) < 4.78 is 6.74. The van der Waals surface area contributed by atoms with Crippen molar-refractivity contribution in [1.29, 1.82) is 0 Å². The quantitative estimate of drug-likeness (QED) is 0.862. The van der Waals surface area contributed by atoms with Crippen LogP contribution in [-0.2, 0) is 0 Å². The summed E-state index contributed by atoms with van der Waals surface area (Å²) in [6.45, 7) is 0.811. The molecule has 0 heterocycles. The van der Waals surface area contributed by atoms with E-state index in [-0.39, 0.29) is 0 Å². The van der Waals surface area contributed by atoms with Crippen molar-refractivity contribution in [2.75, 3.05) is 6.61 Å². The van der Waals surface area contributed by atoms with Gasteiger partial charge in [-0.05, 0) is 52.9 Å².